The zero-order valence-electron chi connectivity index (χ0n) is 11.1. The van der Waals surface area contributed by atoms with Crippen molar-refractivity contribution in [3.63, 3.8) is 0 Å². The number of ether oxygens (including phenoxy) is 1. The van der Waals surface area contributed by atoms with Gasteiger partial charge in [-0.3, -0.25) is 4.79 Å². The Morgan fingerprint density at radius 3 is 2.71 bits per heavy atom. The van der Waals surface area contributed by atoms with Gasteiger partial charge in [0.1, 0.15) is 0 Å². The van der Waals surface area contributed by atoms with Gasteiger partial charge < -0.3 is 15.8 Å². The number of hydrogen-bond donors (Lipinski definition) is 2. The van der Waals surface area contributed by atoms with Gasteiger partial charge in [-0.15, -0.1) is 0 Å². The smallest absolute Gasteiger partial charge is 0.236 e. The fraction of sp³-hybridized carbons (Fsp3) is 0.923. The fourth-order valence-electron chi connectivity index (χ4n) is 1.97. The Kier molecular flexibility index (Phi) is 5.92. The highest BCUT2D eigenvalue weighted by Crippen LogP contribution is 2.48. The molecule has 1 fully saturated rings. The molecule has 3 N–H and O–H groups in total. The Morgan fingerprint density at radius 1 is 1.47 bits per heavy atom. The monoisotopic (exact) mass is 242 g/mol. The van der Waals surface area contributed by atoms with Crippen LogP contribution in [0.5, 0.6) is 0 Å². The molecule has 0 saturated heterocycles. The maximum absolute atomic E-state index is 11.7. The minimum atomic E-state index is -0.345. The Hall–Kier alpha value is -0.610. The van der Waals surface area contributed by atoms with E-state index in [0.29, 0.717) is 5.41 Å². The average Bonchev–Trinajstić information content (AvgIpc) is 3.07. The van der Waals surface area contributed by atoms with E-state index in [0.717, 1.165) is 39.0 Å². The van der Waals surface area contributed by atoms with Crippen molar-refractivity contribution in [1.82, 2.24) is 5.32 Å². The lowest BCUT2D eigenvalue weighted by atomic mass is 10.0. The molecule has 0 radical (unpaired) electrons. The van der Waals surface area contributed by atoms with Gasteiger partial charge in [0.15, 0.2) is 0 Å². The summed E-state index contributed by atoms with van der Waals surface area (Å²) in [4.78, 5) is 11.7. The highest BCUT2D eigenvalue weighted by atomic mass is 16.5. The van der Waals surface area contributed by atoms with Crippen molar-refractivity contribution in [2.45, 2.75) is 52.0 Å². The highest BCUT2D eigenvalue weighted by Gasteiger charge is 2.42. The quantitative estimate of drug-likeness (QED) is 0.601. The standard InChI is InChI=1S/C13H26N2O2/c1-3-5-11(14)12(16)15-10-13(6-7-13)8-9-17-4-2/h11H,3-10,14H2,1-2H3,(H,15,16). The first-order chi connectivity index (χ1) is 8.13. The van der Waals surface area contributed by atoms with E-state index in [9.17, 15) is 4.79 Å². The molecule has 4 nitrogen and oxygen atoms in total. The molecule has 1 saturated carbocycles. The van der Waals surface area contributed by atoms with Crippen LogP contribution in [0, 0.1) is 5.41 Å². The number of hydrogen-bond acceptors (Lipinski definition) is 3. The van der Waals surface area contributed by atoms with Gasteiger partial charge in [0.2, 0.25) is 5.91 Å². The average molecular weight is 242 g/mol. The normalized spacial score (nSPS) is 18.8. The van der Waals surface area contributed by atoms with Gasteiger partial charge in [0, 0.05) is 19.8 Å². The van der Waals surface area contributed by atoms with Gasteiger partial charge in [-0.25, -0.2) is 0 Å². The summed E-state index contributed by atoms with van der Waals surface area (Å²) >= 11 is 0. The maximum Gasteiger partial charge on any atom is 0.236 e. The molecule has 0 aromatic carbocycles. The summed E-state index contributed by atoms with van der Waals surface area (Å²) in [5.74, 6) is -0.00506. The second kappa shape index (κ2) is 6.97. The molecule has 1 unspecified atom stereocenters. The minimum Gasteiger partial charge on any atom is -0.382 e. The number of amides is 1. The number of nitrogens with two attached hydrogens (primary N) is 1. The molecule has 0 bridgehead atoms. The molecule has 1 aliphatic carbocycles. The van der Waals surface area contributed by atoms with Crippen molar-refractivity contribution in [1.29, 1.82) is 0 Å². The van der Waals surface area contributed by atoms with E-state index in [4.69, 9.17) is 10.5 Å². The van der Waals surface area contributed by atoms with Crippen LogP contribution >= 0.6 is 0 Å². The fourth-order valence-corrected chi connectivity index (χ4v) is 1.97. The molecule has 0 spiro atoms. The van der Waals surface area contributed by atoms with Crippen LogP contribution in [0.3, 0.4) is 0 Å². The SMILES string of the molecule is CCCC(N)C(=O)NCC1(CCOCC)CC1. The summed E-state index contributed by atoms with van der Waals surface area (Å²) in [5, 5.41) is 2.98. The lowest BCUT2D eigenvalue weighted by molar-refractivity contribution is -0.122. The van der Waals surface area contributed by atoms with Crippen molar-refractivity contribution in [2.24, 2.45) is 11.1 Å². The maximum atomic E-state index is 11.7. The lowest BCUT2D eigenvalue weighted by Crippen LogP contribution is -2.42. The van der Waals surface area contributed by atoms with Gasteiger partial charge >= 0.3 is 0 Å². The van der Waals surface area contributed by atoms with Crippen LogP contribution < -0.4 is 11.1 Å². The Balaban J connectivity index is 2.18. The highest BCUT2D eigenvalue weighted by molar-refractivity contribution is 5.81. The van der Waals surface area contributed by atoms with Crippen LogP contribution in [0.2, 0.25) is 0 Å². The third-order valence-corrected chi connectivity index (χ3v) is 3.51. The molecule has 0 aromatic rings. The molecule has 0 heterocycles. The number of carbonyl (C=O) groups is 1. The number of nitrogens with one attached hydrogen (secondary N) is 1. The summed E-state index contributed by atoms with van der Waals surface area (Å²) in [6.07, 6.45) is 5.15. The number of rotatable bonds is 9. The molecule has 1 amide bonds. The predicted molar refractivity (Wildman–Crippen MR) is 68.7 cm³/mol. The van der Waals surface area contributed by atoms with E-state index in [1.165, 1.54) is 12.8 Å². The molecule has 4 heteroatoms. The van der Waals surface area contributed by atoms with Crippen LogP contribution in [-0.4, -0.2) is 31.7 Å². The topological polar surface area (TPSA) is 64.4 Å². The Labute approximate surface area is 104 Å². The molecular formula is C13H26N2O2. The number of carbonyl (C=O) groups excluding carboxylic acids is 1. The van der Waals surface area contributed by atoms with E-state index in [2.05, 4.69) is 5.32 Å². The van der Waals surface area contributed by atoms with Crippen molar-refractivity contribution >= 4 is 5.91 Å². The Bertz CT molecular complexity index is 240. The first kappa shape index (κ1) is 14.5. The van der Waals surface area contributed by atoms with E-state index < -0.39 is 0 Å². The summed E-state index contributed by atoms with van der Waals surface area (Å²) in [7, 11) is 0. The first-order valence-electron chi connectivity index (χ1n) is 6.74. The van der Waals surface area contributed by atoms with Crippen molar-refractivity contribution in [2.75, 3.05) is 19.8 Å². The lowest BCUT2D eigenvalue weighted by Gasteiger charge is -2.17. The van der Waals surface area contributed by atoms with E-state index in [-0.39, 0.29) is 11.9 Å². The zero-order valence-corrected chi connectivity index (χ0v) is 11.1. The minimum absolute atomic E-state index is 0.00506. The Morgan fingerprint density at radius 2 is 2.18 bits per heavy atom. The van der Waals surface area contributed by atoms with E-state index >= 15 is 0 Å². The van der Waals surface area contributed by atoms with E-state index in [1.807, 2.05) is 13.8 Å². The molecule has 1 aliphatic rings. The summed E-state index contributed by atoms with van der Waals surface area (Å²) < 4.78 is 5.36. The third kappa shape index (κ3) is 5.04. The van der Waals surface area contributed by atoms with Crippen LogP contribution in [-0.2, 0) is 9.53 Å². The van der Waals surface area contributed by atoms with Gasteiger partial charge in [0.05, 0.1) is 6.04 Å². The molecule has 100 valence electrons. The summed E-state index contributed by atoms with van der Waals surface area (Å²) in [6, 6.07) is -0.345. The van der Waals surface area contributed by atoms with Crippen molar-refractivity contribution in [3.05, 3.63) is 0 Å². The van der Waals surface area contributed by atoms with Gasteiger partial charge in [-0.1, -0.05) is 13.3 Å². The van der Waals surface area contributed by atoms with Crippen LogP contribution in [0.4, 0.5) is 0 Å². The van der Waals surface area contributed by atoms with Crippen LogP contribution in [0.1, 0.15) is 46.0 Å². The predicted octanol–water partition coefficient (Wildman–Crippen LogP) is 1.44. The molecular weight excluding hydrogens is 216 g/mol. The second-order valence-electron chi connectivity index (χ2n) is 5.06. The van der Waals surface area contributed by atoms with Crippen LogP contribution in [0.15, 0.2) is 0 Å². The van der Waals surface area contributed by atoms with Gasteiger partial charge in [-0.05, 0) is 38.0 Å². The van der Waals surface area contributed by atoms with Gasteiger partial charge in [-0.2, -0.15) is 0 Å². The van der Waals surface area contributed by atoms with E-state index in [1.54, 1.807) is 0 Å². The van der Waals surface area contributed by atoms with Crippen molar-refractivity contribution in [3.8, 4) is 0 Å². The second-order valence-corrected chi connectivity index (χ2v) is 5.06. The summed E-state index contributed by atoms with van der Waals surface area (Å²) in [5.41, 5.74) is 6.06. The first-order valence-corrected chi connectivity index (χ1v) is 6.74. The zero-order chi connectivity index (χ0) is 12.7. The molecule has 1 rings (SSSR count). The largest absolute Gasteiger partial charge is 0.382 e. The molecule has 0 aromatic heterocycles. The molecule has 17 heavy (non-hydrogen) atoms. The molecule has 0 aliphatic heterocycles. The third-order valence-electron chi connectivity index (χ3n) is 3.51. The van der Waals surface area contributed by atoms with Crippen LogP contribution in [0.25, 0.3) is 0 Å². The summed E-state index contributed by atoms with van der Waals surface area (Å²) in [6.45, 7) is 6.37. The molecule has 1 atom stereocenters. The van der Waals surface area contributed by atoms with Crippen molar-refractivity contribution < 1.29 is 9.53 Å². The van der Waals surface area contributed by atoms with Gasteiger partial charge in [0.25, 0.3) is 0 Å².